The molecule has 2 atom stereocenters. The molecule has 0 spiro atoms. The molecule has 1 saturated heterocycles. The molecule has 0 bridgehead atoms. The third-order valence-corrected chi connectivity index (χ3v) is 8.05. The van der Waals surface area contributed by atoms with Gasteiger partial charge in [0.15, 0.2) is 0 Å². The van der Waals surface area contributed by atoms with Gasteiger partial charge in [-0.15, -0.1) is 0 Å². The fraction of sp³-hybridized carbons (Fsp3) is 0.333. The zero-order valence-corrected chi connectivity index (χ0v) is 21.7. The minimum atomic E-state index is -3.67. The van der Waals surface area contributed by atoms with Crippen molar-refractivity contribution in [1.29, 1.82) is 0 Å². The molecule has 2 heterocycles. The second-order valence-electron chi connectivity index (χ2n) is 8.94. The molecule has 0 aliphatic carbocycles. The summed E-state index contributed by atoms with van der Waals surface area (Å²) in [6.07, 6.45) is 8.53. The molecule has 1 N–H and O–H groups in total. The largest absolute Gasteiger partial charge is 0.469 e. The summed E-state index contributed by atoms with van der Waals surface area (Å²) in [5.41, 5.74) is 2.01. The number of pyridine rings is 1. The number of nitrogens with zero attached hydrogens (tertiary/aromatic N) is 2. The average Bonchev–Trinajstić information content (AvgIpc) is 3.23. The molecule has 0 unspecified atom stereocenters. The van der Waals surface area contributed by atoms with Gasteiger partial charge in [-0.3, -0.25) is 14.7 Å². The van der Waals surface area contributed by atoms with Crippen molar-refractivity contribution in [3.63, 3.8) is 0 Å². The fourth-order valence-electron chi connectivity index (χ4n) is 4.46. The number of nitrogens with one attached hydrogen (secondary N) is 1. The number of sulfonamides is 1. The topological polar surface area (TPSA) is 88.6 Å². The van der Waals surface area contributed by atoms with Crippen LogP contribution in [0.3, 0.4) is 0 Å². The zero-order valence-electron chi connectivity index (χ0n) is 20.1. The van der Waals surface area contributed by atoms with Gasteiger partial charge in [0, 0.05) is 48.2 Å². The summed E-state index contributed by atoms with van der Waals surface area (Å²) < 4.78 is 33.5. The Morgan fingerprint density at radius 3 is 2.78 bits per heavy atom. The van der Waals surface area contributed by atoms with Crippen molar-refractivity contribution in [3.05, 3.63) is 83.5 Å². The predicted molar refractivity (Wildman–Crippen MR) is 141 cm³/mol. The van der Waals surface area contributed by atoms with Crippen LogP contribution in [0.5, 0.6) is 0 Å². The highest BCUT2D eigenvalue weighted by Gasteiger charge is 2.33. The number of allylic oxidation sites excluding steroid dienone is 1. The Morgan fingerprint density at radius 2 is 2.00 bits per heavy atom. The summed E-state index contributed by atoms with van der Waals surface area (Å²) in [5.74, 6) is -0.216. The Bertz CT molecular complexity index is 1330. The van der Waals surface area contributed by atoms with Crippen LogP contribution in [0.1, 0.15) is 31.2 Å². The molecule has 3 aromatic rings. The highest BCUT2D eigenvalue weighted by Crippen LogP contribution is 2.25. The van der Waals surface area contributed by atoms with E-state index in [1.165, 1.54) is 19.2 Å². The first-order valence-electron chi connectivity index (χ1n) is 11.9. The number of hydrogen-bond donors (Lipinski definition) is 1. The smallest absolute Gasteiger partial charge is 0.305 e. The lowest BCUT2D eigenvalue weighted by Gasteiger charge is -2.22. The van der Waals surface area contributed by atoms with Crippen molar-refractivity contribution in [3.8, 4) is 0 Å². The summed E-state index contributed by atoms with van der Waals surface area (Å²) in [4.78, 5) is 18.4. The van der Waals surface area contributed by atoms with Gasteiger partial charge in [-0.2, -0.15) is 0 Å². The highest BCUT2D eigenvalue weighted by molar-refractivity contribution is 7.89. The van der Waals surface area contributed by atoms with Crippen LogP contribution in [-0.4, -0.2) is 50.0 Å². The average molecular weight is 528 g/mol. The molecule has 1 aromatic heterocycles. The number of methoxy groups -OCH3 is 1. The number of likely N-dealkylation sites (tertiary alicyclic amines) is 1. The molecule has 1 aliphatic rings. The van der Waals surface area contributed by atoms with Crippen LogP contribution in [0, 0.1) is 0 Å². The van der Waals surface area contributed by atoms with E-state index in [0.29, 0.717) is 37.4 Å². The van der Waals surface area contributed by atoms with Gasteiger partial charge in [0.05, 0.1) is 17.5 Å². The van der Waals surface area contributed by atoms with E-state index in [9.17, 15) is 13.2 Å². The normalized spacial score (nSPS) is 18.7. The van der Waals surface area contributed by atoms with Crippen molar-refractivity contribution in [2.75, 3.05) is 13.7 Å². The zero-order chi connectivity index (χ0) is 25.5. The number of esters is 1. The van der Waals surface area contributed by atoms with Crippen molar-refractivity contribution in [2.45, 2.75) is 49.2 Å². The standard InChI is InChI=1S/C27H30ClN3O4S/c1-35-27(32)10-4-2-3-8-24-16-23(30-36(33,34)25-13-11-22(28)12-14-25)19-31(24)18-20-15-21-7-5-6-9-26(21)29-17-20/h3,5-9,11-15,17,23-24,30H,2,4,10,16,18-19H2,1H3/b8-3-/t23-,24-/m1/s1. The minimum absolute atomic E-state index is 0.0486. The molecule has 0 saturated carbocycles. The number of benzene rings is 2. The summed E-state index contributed by atoms with van der Waals surface area (Å²) in [6, 6.07) is 16.1. The van der Waals surface area contributed by atoms with Gasteiger partial charge >= 0.3 is 5.97 Å². The van der Waals surface area contributed by atoms with E-state index in [0.717, 1.165) is 22.9 Å². The number of carbonyl (C=O) groups excluding carboxylic acids is 1. The second-order valence-corrected chi connectivity index (χ2v) is 11.1. The molecule has 0 amide bonds. The van der Waals surface area contributed by atoms with Crippen molar-refractivity contribution in [2.24, 2.45) is 0 Å². The third-order valence-electron chi connectivity index (χ3n) is 6.27. The number of ether oxygens (including phenoxy) is 1. The number of halogens is 1. The Kier molecular flexibility index (Phi) is 8.74. The first kappa shape index (κ1) is 26.3. The van der Waals surface area contributed by atoms with E-state index in [1.807, 2.05) is 30.5 Å². The van der Waals surface area contributed by atoms with Crippen LogP contribution in [0.25, 0.3) is 10.9 Å². The molecule has 1 fully saturated rings. The molecular weight excluding hydrogens is 498 g/mol. The quantitative estimate of drug-likeness (QED) is 0.233. The van der Waals surface area contributed by atoms with E-state index < -0.39 is 10.0 Å². The Morgan fingerprint density at radius 1 is 1.22 bits per heavy atom. The molecule has 9 heteroatoms. The van der Waals surface area contributed by atoms with Gasteiger partial charge in [-0.1, -0.05) is 42.0 Å². The lowest BCUT2D eigenvalue weighted by atomic mass is 10.1. The lowest BCUT2D eigenvalue weighted by molar-refractivity contribution is -0.140. The van der Waals surface area contributed by atoms with Crippen molar-refractivity contribution >= 4 is 38.5 Å². The SMILES string of the molecule is COC(=O)CCC/C=C\[C@@H]1C[C@@H](NS(=O)(=O)c2ccc(Cl)cc2)CN1Cc1cnc2ccccc2c1. The number of hydrogen-bond acceptors (Lipinski definition) is 6. The number of fused-ring (bicyclic) bond motifs is 1. The summed E-state index contributed by atoms with van der Waals surface area (Å²) in [7, 11) is -2.28. The van der Waals surface area contributed by atoms with Gasteiger partial charge in [-0.25, -0.2) is 13.1 Å². The maximum atomic E-state index is 13.0. The van der Waals surface area contributed by atoms with Crippen molar-refractivity contribution in [1.82, 2.24) is 14.6 Å². The number of para-hydroxylation sites is 1. The first-order valence-corrected chi connectivity index (χ1v) is 13.8. The molecule has 2 aromatic carbocycles. The maximum absolute atomic E-state index is 13.0. The first-order chi connectivity index (χ1) is 17.3. The number of aromatic nitrogens is 1. The molecule has 7 nitrogen and oxygen atoms in total. The van der Waals surface area contributed by atoms with E-state index in [4.69, 9.17) is 16.3 Å². The van der Waals surface area contributed by atoms with Crippen LogP contribution in [0.2, 0.25) is 5.02 Å². The van der Waals surface area contributed by atoms with E-state index in [-0.39, 0.29) is 22.9 Å². The molecule has 0 radical (unpaired) electrons. The van der Waals surface area contributed by atoms with Gasteiger partial charge in [0.2, 0.25) is 10.0 Å². The molecule has 190 valence electrons. The van der Waals surface area contributed by atoms with Crippen LogP contribution < -0.4 is 4.72 Å². The van der Waals surface area contributed by atoms with E-state index in [1.54, 1.807) is 12.1 Å². The van der Waals surface area contributed by atoms with Gasteiger partial charge in [0.25, 0.3) is 0 Å². The van der Waals surface area contributed by atoms with Crippen LogP contribution >= 0.6 is 11.6 Å². The monoisotopic (exact) mass is 527 g/mol. The molecular formula is C27H30ClN3O4S. The number of unbranched alkanes of at least 4 members (excludes halogenated alkanes) is 1. The van der Waals surface area contributed by atoms with Gasteiger partial charge < -0.3 is 4.74 Å². The fourth-order valence-corrected chi connectivity index (χ4v) is 5.83. The van der Waals surface area contributed by atoms with Crippen molar-refractivity contribution < 1.29 is 17.9 Å². The lowest BCUT2D eigenvalue weighted by Crippen LogP contribution is -2.37. The van der Waals surface area contributed by atoms with E-state index >= 15 is 0 Å². The minimum Gasteiger partial charge on any atom is -0.469 e. The van der Waals surface area contributed by atoms with Crippen LogP contribution in [-0.2, 0) is 26.1 Å². The van der Waals surface area contributed by atoms with Gasteiger partial charge in [-0.05, 0) is 61.2 Å². The highest BCUT2D eigenvalue weighted by atomic mass is 35.5. The third kappa shape index (κ3) is 6.91. The number of rotatable bonds is 10. The van der Waals surface area contributed by atoms with Crippen LogP contribution in [0.4, 0.5) is 0 Å². The Balaban J connectivity index is 1.47. The molecule has 36 heavy (non-hydrogen) atoms. The van der Waals surface area contributed by atoms with Gasteiger partial charge in [0.1, 0.15) is 0 Å². The van der Waals surface area contributed by atoms with Crippen LogP contribution in [0.15, 0.2) is 77.8 Å². The predicted octanol–water partition coefficient (Wildman–Crippen LogP) is 4.71. The Labute approximate surface area is 217 Å². The second kappa shape index (κ2) is 12.0. The molecule has 1 aliphatic heterocycles. The Hall–Kier alpha value is -2.78. The maximum Gasteiger partial charge on any atom is 0.305 e. The molecule has 4 rings (SSSR count). The van der Waals surface area contributed by atoms with E-state index in [2.05, 4.69) is 32.8 Å². The summed E-state index contributed by atoms with van der Waals surface area (Å²) >= 11 is 5.92. The summed E-state index contributed by atoms with van der Waals surface area (Å²) in [6.45, 7) is 1.21. The summed E-state index contributed by atoms with van der Waals surface area (Å²) in [5, 5.41) is 1.56. The number of carbonyl (C=O) groups is 1.